The second kappa shape index (κ2) is 4.78. The minimum atomic E-state index is 0.0173. The number of carbonyl (C=O) groups excluding carboxylic acids is 1. The number of phenolic OH excluding ortho intramolecular Hbond substituents is 1. The molecule has 86 valence electrons. The fraction of sp³-hybridized carbons (Fsp3) is 0.417. The third-order valence-corrected chi connectivity index (χ3v) is 3.91. The predicted molar refractivity (Wildman–Crippen MR) is 65.9 cm³/mol. The highest BCUT2D eigenvalue weighted by molar-refractivity contribution is 7.99. The summed E-state index contributed by atoms with van der Waals surface area (Å²) in [5.41, 5.74) is 0.568. The van der Waals surface area contributed by atoms with E-state index in [2.05, 4.69) is 6.92 Å². The molecule has 1 aliphatic heterocycles. The zero-order valence-electron chi connectivity index (χ0n) is 9.22. The van der Waals surface area contributed by atoms with Gasteiger partial charge in [-0.25, -0.2) is 0 Å². The minimum absolute atomic E-state index is 0.0173. The average Bonchev–Trinajstić information content (AvgIpc) is 2.29. The van der Waals surface area contributed by atoms with Crippen LogP contribution in [0.4, 0.5) is 0 Å². The monoisotopic (exact) mass is 237 g/mol. The van der Waals surface area contributed by atoms with Gasteiger partial charge >= 0.3 is 0 Å². The number of carbonyl (C=O) groups is 1. The van der Waals surface area contributed by atoms with E-state index in [1.54, 1.807) is 18.2 Å². The molecule has 2 rings (SSSR count). The largest absolute Gasteiger partial charge is 0.508 e. The number of hydrogen-bond donors (Lipinski definition) is 1. The molecule has 1 heterocycles. The molecule has 1 saturated heterocycles. The van der Waals surface area contributed by atoms with Crippen LogP contribution in [0.5, 0.6) is 5.75 Å². The van der Waals surface area contributed by atoms with E-state index in [1.165, 1.54) is 6.07 Å². The highest BCUT2D eigenvalue weighted by Gasteiger charge is 2.24. The molecule has 1 aliphatic rings. The Labute approximate surface area is 99.5 Å². The van der Waals surface area contributed by atoms with Crippen molar-refractivity contribution in [2.75, 3.05) is 18.1 Å². The van der Waals surface area contributed by atoms with Gasteiger partial charge in [-0.15, -0.1) is 0 Å². The van der Waals surface area contributed by atoms with Gasteiger partial charge in [0.05, 0.1) is 0 Å². The quantitative estimate of drug-likeness (QED) is 0.812. The number of amides is 1. The van der Waals surface area contributed by atoms with Crippen LogP contribution < -0.4 is 0 Å². The van der Waals surface area contributed by atoms with Gasteiger partial charge in [-0.1, -0.05) is 6.07 Å². The fourth-order valence-corrected chi connectivity index (χ4v) is 2.85. The minimum Gasteiger partial charge on any atom is -0.508 e. The van der Waals surface area contributed by atoms with E-state index in [9.17, 15) is 9.90 Å². The first-order valence-electron chi connectivity index (χ1n) is 5.36. The van der Waals surface area contributed by atoms with Gasteiger partial charge in [0, 0.05) is 29.7 Å². The Bertz CT molecular complexity index is 394. The smallest absolute Gasteiger partial charge is 0.254 e. The van der Waals surface area contributed by atoms with Crippen LogP contribution in [0.15, 0.2) is 24.3 Å². The van der Waals surface area contributed by atoms with Crippen LogP contribution in [0.2, 0.25) is 0 Å². The molecule has 1 aromatic rings. The molecule has 1 unspecified atom stereocenters. The Morgan fingerprint density at radius 2 is 2.38 bits per heavy atom. The lowest BCUT2D eigenvalue weighted by atomic mass is 10.1. The zero-order chi connectivity index (χ0) is 11.5. The number of benzene rings is 1. The van der Waals surface area contributed by atoms with Crippen LogP contribution >= 0.6 is 11.8 Å². The molecular formula is C12H15NO2S. The SMILES string of the molecule is CC1CSCCN1C(=O)c1cccc(O)c1. The first kappa shape index (κ1) is 11.3. The molecule has 1 fully saturated rings. The molecule has 0 bridgehead atoms. The van der Waals surface area contributed by atoms with Crippen LogP contribution in [0.3, 0.4) is 0 Å². The van der Waals surface area contributed by atoms with Crippen LogP contribution in [0.25, 0.3) is 0 Å². The number of nitrogens with zero attached hydrogens (tertiary/aromatic N) is 1. The summed E-state index contributed by atoms with van der Waals surface area (Å²) in [6, 6.07) is 6.82. The summed E-state index contributed by atoms with van der Waals surface area (Å²) in [4.78, 5) is 14.0. The van der Waals surface area contributed by atoms with Crippen molar-refractivity contribution in [3.05, 3.63) is 29.8 Å². The summed E-state index contributed by atoms with van der Waals surface area (Å²) in [5, 5.41) is 9.35. The number of aromatic hydroxyl groups is 1. The van der Waals surface area contributed by atoms with E-state index < -0.39 is 0 Å². The van der Waals surface area contributed by atoms with Crippen molar-refractivity contribution in [1.82, 2.24) is 4.90 Å². The number of rotatable bonds is 1. The zero-order valence-corrected chi connectivity index (χ0v) is 10.0. The molecule has 1 amide bonds. The Morgan fingerprint density at radius 3 is 3.06 bits per heavy atom. The van der Waals surface area contributed by atoms with Crippen LogP contribution in [0.1, 0.15) is 17.3 Å². The lowest BCUT2D eigenvalue weighted by Crippen LogP contribution is -2.44. The molecule has 0 aliphatic carbocycles. The Kier molecular flexibility index (Phi) is 3.39. The van der Waals surface area contributed by atoms with Crippen molar-refractivity contribution >= 4 is 17.7 Å². The second-order valence-electron chi connectivity index (χ2n) is 3.97. The fourth-order valence-electron chi connectivity index (χ4n) is 1.83. The summed E-state index contributed by atoms with van der Waals surface area (Å²) in [6.07, 6.45) is 0. The summed E-state index contributed by atoms with van der Waals surface area (Å²) < 4.78 is 0. The van der Waals surface area contributed by atoms with Gasteiger partial charge < -0.3 is 10.0 Å². The van der Waals surface area contributed by atoms with Crippen molar-refractivity contribution in [2.45, 2.75) is 13.0 Å². The van der Waals surface area contributed by atoms with E-state index in [4.69, 9.17) is 0 Å². The van der Waals surface area contributed by atoms with Gasteiger partial charge in [-0.05, 0) is 25.1 Å². The van der Waals surface area contributed by atoms with Gasteiger partial charge in [0.1, 0.15) is 5.75 Å². The summed E-state index contributed by atoms with van der Waals surface area (Å²) >= 11 is 1.88. The van der Waals surface area contributed by atoms with Crippen LogP contribution in [-0.2, 0) is 0 Å². The van der Waals surface area contributed by atoms with Gasteiger partial charge in [-0.2, -0.15) is 11.8 Å². The number of thioether (sulfide) groups is 1. The molecule has 0 spiro atoms. The van der Waals surface area contributed by atoms with E-state index in [0.717, 1.165) is 18.1 Å². The molecule has 1 aromatic carbocycles. The summed E-state index contributed by atoms with van der Waals surface area (Å²) in [5.74, 6) is 2.15. The molecular weight excluding hydrogens is 222 g/mol. The molecule has 0 saturated carbocycles. The first-order valence-corrected chi connectivity index (χ1v) is 6.51. The van der Waals surface area contributed by atoms with Crippen molar-refractivity contribution in [1.29, 1.82) is 0 Å². The van der Waals surface area contributed by atoms with Gasteiger partial charge in [0.2, 0.25) is 0 Å². The van der Waals surface area contributed by atoms with E-state index in [-0.39, 0.29) is 17.7 Å². The second-order valence-corrected chi connectivity index (χ2v) is 5.12. The maximum Gasteiger partial charge on any atom is 0.254 e. The Balaban J connectivity index is 2.17. The van der Waals surface area contributed by atoms with Gasteiger partial charge in [0.15, 0.2) is 0 Å². The first-order chi connectivity index (χ1) is 7.68. The molecule has 1 atom stereocenters. The Morgan fingerprint density at radius 1 is 1.56 bits per heavy atom. The lowest BCUT2D eigenvalue weighted by molar-refractivity contribution is 0.0715. The summed E-state index contributed by atoms with van der Waals surface area (Å²) in [7, 11) is 0. The van der Waals surface area contributed by atoms with Crippen LogP contribution in [-0.4, -0.2) is 40.0 Å². The molecule has 4 heteroatoms. The highest BCUT2D eigenvalue weighted by Crippen LogP contribution is 2.20. The third-order valence-electron chi connectivity index (χ3n) is 2.72. The van der Waals surface area contributed by atoms with Crippen molar-refractivity contribution in [2.24, 2.45) is 0 Å². The van der Waals surface area contributed by atoms with E-state index in [1.807, 2.05) is 16.7 Å². The van der Waals surface area contributed by atoms with Crippen molar-refractivity contribution in [3.63, 3.8) is 0 Å². The molecule has 3 nitrogen and oxygen atoms in total. The summed E-state index contributed by atoms with van der Waals surface area (Å²) in [6.45, 7) is 2.85. The Hall–Kier alpha value is -1.16. The topological polar surface area (TPSA) is 40.5 Å². The maximum atomic E-state index is 12.2. The van der Waals surface area contributed by atoms with Gasteiger partial charge in [0.25, 0.3) is 5.91 Å². The highest BCUT2D eigenvalue weighted by atomic mass is 32.2. The predicted octanol–water partition coefficient (Wildman–Crippen LogP) is 1.97. The molecule has 16 heavy (non-hydrogen) atoms. The molecule has 0 radical (unpaired) electrons. The molecule has 0 aromatic heterocycles. The van der Waals surface area contributed by atoms with Crippen LogP contribution in [0, 0.1) is 0 Å². The van der Waals surface area contributed by atoms with E-state index in [0.29, 0.717) is 5.56 Å². The standard InChI is InChI=1S/C12H15NO2S/c1-9-8-16-6-5-13(9)12(15)10-3-2-4-11(14)7-10/h2-4,7,9,14H,5-6,8H2,1H3. The molecule has 1 N–H and O–H groups in total. The van der Waals surface area contributed by atoms with Crippen molar-refractivity contribution < 1.29 is 9.90 Å². The number of hydrogen-bond acceptors (Lipinski definition) is 3. The van der Waals surface area contributed by atoms with Crippen molar-refractivity contribution in [3.8, 4) is 5.75 Å². The lowest BCUT2D eigenvalue weighted by Gasteiger charge is -2.33. The maximum absolute atomic E-state index is 12.2. The van der Waals surface area contributed by atoms with E-state index >= 15 is 0 Å². The third kappa shape index (κ3) is 2.32. The van der Waals surface area contributed by atoms with Gasteiger partial charge in [-0.3, -0.25) is 4.79 Å². The number of phenols is 1. The normalized spacial score (nSPS) is 20.8. The average molecular weight is 237 g/mol.